The van der Waals surface area contributed by atoms with E-state index < -0.39 is 11.6 Å². The number of nitrogens with zero attached hydrogens (tertiary/aromatic N) is 2. The molecule has 2 heterocycles. The standard InChI is InChI=1S/C11H5ClFN3O2/c12-8-4-14-7(3-15-8)5-1-2-6(13)9-10(5)18-11(17)16-9/h1-4H,(H,16,17). The summed E-state index contributed by atoms with van der Waals surface area (Å²) in [5.74, 6) is -1.29. The van der Waals surface area contributed by atoms with Crippen molar-refractivity contribution in [2.75, 3.05) is 0 Å². The predicted octanol–water partition coefficient (Wildman–Crippen LogP) is 2.37. The van der Waals surface area contributed by atoms with Gasteiger partial charge in [-0.3, -0.25) is 9.97 Å². The summed E-state index contributed by atoms with van der Waals surface area (Å²) in [6.45, 7) is 0. The number of H-pyrrole nitrogens is 1. The van der Waals surface area contributed by atoms with Gasteiger partial charge in [0.25, 0.3) is 0 Å². The molecule has 0 amide bonds. The summed E-state index contributed by atoms with van der Waals surface area (Å²) in [6, 6.07) is 2.69. The molecule has 0 aliphatic rings. The number of hydrogen-bond donors (Lipinski definition) is 1. The Hall–Kier alpha value is -2.21. The fourth-order valence-electron chi connectivity index (χ4n) is 1.65. The van der Waals surface area contributed by atoms with E-state index in [1.54, 1.807) is 0 Å². The Kier molecular flexibility index (Phi) is 2.38. The summed E-state index contributed by atoms with van der Waals surface area (Å²) in [4.78, 5) is 21.3. The zero-order chi connectivity index (χ0) is 12.7. The van der Waals surface area contributed by atoms with Crippen LogP contribution in [-0.4, -0.2) is 15.0 Å². The van der Waals surface area contributed by atoms with Crippen LogP contribution in [0, 0.1) is 5.82 Å². The zero-order valence-corrected chi connectivity index (χ0v) is 9.53. The molecule has 3 aromatic rings. The minimum atomic E-state index is -0.724. The van der Waals surface area contributed by atoms with Crippen molar-refractivity contribution >= 4 is 22.7 Å². The summed E-state index contributed by atoms with van der Waals surface area (Å²) in [7, 11) is 0. The minimum absolute atomic E-state index is 0.00856. The quantitative estimate of drug-likeness (QED) is 0.733. The van der Waals surface area contributed by atoms with Gasteiger partial charge in [0, 0.05) is 5.56 Å². The Morgan fingerprint density at radius 2 is 2.11 bits per heavy atom. The van der Waals surface area contributed by atoms with Gasteiger partial charge < -0.3 is 4.42 Å². The third-order valence-corrected chi connectivity index (χ3v) is 2.62. The smallest absolute Gasteiger partial charge is 0.407 e. The molecule has 3 rings (SSSR count). The molecule has 2 aromatic heterocycles. The topological polar surface area (TPSA) is 71.8 Å². The van der Waals surface area contributed by atoms with Crippen LogP contribution in [0.2, 0.25) is 5.15 Å². The molecule has 1 aromatic carbocycles. The number of nitrogens with one attached hydrogen (secondary N) is 1. The van der Waals surface area contributed by atoms with Crippen molar-refractivity contribution in [1.29, 1.82) is 0 Å². The van der Waals surface area contributed by atoms with Gasteiger partial charge in [0.2, 0.25) is 0 Å². The summed E-state index contributed by atoms with van der Waals surface area (Å²) >= 11 is 5.63. The van der Waals surface area contributed by atoms with Crippen molar-refractivity contribution in [2.24, 2.45) is 0 Å². The first-order valence-electron chi connectivity index (χ1n) is 4.94. The molecule has 0 saturated heterocycles. The average Bonchev–Trinajstić information content (AvgIpc) is 2.74. The Bertz CT molecular complexity index is 779. The van der Waals surface area contributed by atoms with Crippen LogP contribution in [0.3, 0.4) is 0 Å². The zero-order valence-electron chi connectivity index (χ0n) is 8.78. The van der Waals surface area contributed by atoms with Crippen LogP contribution in [0.15, 0.2) is 33.7 Å². The minimum Gasteiger partial charge on any atom is -0.407 e. The van der Waals surface area contributed by atoms with E-state index in [4.69, 9.17) is 16.0 Å². The highest BCUT2D eigenvalue weighted by molar-refractivity contribution is 6.29. The van der Waals surface area contributed by atoms with Gasteiger partial charge in [0.1, 0.15) is 10.7 Å². The van der Waals surface area contributed by atoms with E-state index >= 15 is 0 Å². The van der Waals surface area contributed by atoms with Crippen molar-refractivity contribution in [3.63, 3.8) is 0 Å². The lowest BCUT2D eigenvalue weighted by Gasteiger charge is -2.01. The molecule has 18 heavy (non-hydrogen) atoms. The molecule has 0 aliphatic heterocycles. The molecule has 0 atom stereocenters. The van der Waals surface area contributed by atoms with E-state index in [0.29, 0.717) is 11.3 Å². The molecule has 0 aliphatic carbocycles. The number of fused-ring (bicyclic) bond motifs is 1. The van der Waals surface area contributed by atoms with Gasteiger partial charge in [-0.05, 0) is 12.1 Å². The monoisotopic (exact) mass is 265 g/mol. The van der Waals surface area contributed by atoms with E-state index in [0.717, 1.165) is 0 Å². The summed E-state index contributed by atoms with van der Waals surface area (Å²) in [5, 5.41) is 0.243. The van der Waals surface area contributed by atoms with E-state index in [9.17, 15) is 9.18 Å². The van der Waals surface area contributed by atoms with Crippen molar-refractivity contribution in [2.45, 2.75) is 0 Å². The van der Waals surface area contributed by atoms with Gasteiger partial charge in [-0.2, -0.15) is 0 Å². The molecular weight excluding hydrogens is 261 g/mol. The summed E-state index contributed by atoms with van der Waals surface area (Å²) in [5.41, 5.74) is 1.02. The molecule has 0 fully saturated rings. The second-order valence-corrected chi connectivity index (χ2v) is 3.93. The predicted molar refractivity (Wildman–Crippen MR) is 62.8 cm³/mol. The van der Waals surface area contributed by atoms with Crippen LogP contribution in [-0.2, 0) is 0 Å². The average molecular weight is 266 g/mol. The SMILES string of the molecule is O=c1[nH]c2c(F)ccc(-c3cnc(Cl)cn3)c2o1. The van der Waals surface area contributed by atoms with Gasteiger partial charge >= 0.3 is 5.76 Å². The number of halogens is 2. The molecule has 0 saturated carbocycles. The van der Waals surface area contributed by atoms with E-state index in [2.05, 4.69) is 15.0 Å². The molecule has 7 heteroatoms. The van der Waals surface area contributed by atoms with Gasteiger partial charge in [-0.25, -0.2) is 14.2 Å². The molecule has 5 nitrogen and oxygen atoms in total. The number of aromatic amines is 1. The fraction of sp³-hybridized carbons (Fsp3) is 0. The van der Waals surface area contributed by atoms with Gasteiger partial charge in [0.15, 0.2) is 11.4 Å². The largest absolute Gasteiger partial charge is 0.417 e. The first kappa shape index (κ1) is 10.9. The highest BCUT2D eigenvalue weighted by Gasteiger charge is 2.14. The van der Waals surface area contributed by atoms with Crippen LogP contribution >= 0.6 is 11.6 Å². The maximum absolute atomic E-state index is 13.5. The number of aromatic nitrogens is 3. The van der Waals surface area contributed by atoms with Crippen LogP contribution in [0.4, 0.5) is 4.39 Å². The third kappa shape index (κ3) is 1.67. The Balaban J connectivity index is 2.32. The van der Waals surface area contributed by atoms with E-state index in [1.807, 2.05) is 0 Å². The first-order chi connectivity index (χ1) is 8.65. The maximum atomic E-state index is 13.5. The van der Waals surface area contributed by atoms with Crippen LogP contribution < -0.4 is 5.76 Å². The third-order valence-electron chi connectivity index (χ3n) is 2.42. The van der Waals surface area contributed by atoms with E-state index in [-0.39, 0.29) is 16.3 Å². The van der Waals surface area contributed by atoms with Crippen molar-refractivity contribution in [3.05, 3.63) is 46.0 Å². The molecule has 1 N–H and O–H groups in total. The molecule has 0 spiro atoms. The number of oxazole rings is 1. The normalized spacial score (nSPS) is 11.0. The van der Waals surface area contributed by atoms with Crippen LogP contribution in [0.5, 0.6) is 0 Å². The first-order valence-corrected chi connectivity index (χ1v) is 5.32. The van der Waals surface area contributed by atoms with Crippen molar-refractivity contribution < 1.29 is 8.81 Å². The molecular formula is C11H5ClFN3O2. The Morgan fingerprint density at radius 3 is 2.83 bits per heavy atom. The van der Waals surface area contributed by atoms with Crippen LogP contribution in [0.25, 0.3) is 22.4 Å². The summed E-state index contributed by atoms with van der Waals surface area (Å²) < 4.78 is 18.4. The van der Waals surface area contributed by atoms with E-state index in [1.165, 1.54) is 24.5 Å². The Labute approximate surface area is 104 Å². The number of hydrogen-bond acceptors (Lipinski definition) is 4. The lowest BCUT2D eigenvalue weighted by Crippen LogP contribution is -1.93. The Morgan fingerprint density at radius 1 is 1.28 bits per heavy atom. The summed E-state index contributed by atoms with van der Waals surface area (Å²) in [6.07, 6.45) is 2.78. The second kappa shape index (κ2) is 3.92. The van der Waals surface area contributed by atoms with Crippen LogP contribution in [0.1, 0.15) is 0 Å². The van der Waals surface area contributed by atoms with Crippen molar-refractivity contribution in [3.8, 4) is 11.3 Å². The highest BCUT2D eigenvalue weighted by atomic mass is 35.5. The second-order valence-electron chi connectivity index (χ2n) is 3.54. The van der Waals surface area contributed by atoms with Crippen molar-refractivity contribution in [1.82, 2.24) is 15.0 Å². The molecule has 90 valence electrons. The molecule has 0 bridgehead atoms. The molecule has 0 radical (unpaired) electrons. The fourth-order valence-corrected chi connectivity index (χ4v) is 1.75. The highest BCUT2D eigenvalue weighted by Crippen LogP contribution is 2.27. The van der Waals surface area contributed by atoms with Gasteiger partial charge in [-0.1, -0.05) is 11.6 Å². The maximum Gasteiger partial charge on any atom is 0.417 e. The lowest BCUT2D eigenvalue weighted by molar-refractivity contribution is 0.556. The van der Waals surface area contributed by atoms with Gasteiger partial charge in [0.05, 0.1) is 18.1 Å². The lowest BCUT2D eigenvalue weighted by atomic mass is 10.1. The number of benzene rings is 1. The van der Waals surface area contributed by atoms with Gasteiger partial charge in [-0.15, -0.1) is 0 Å². The molecule has 0 unspecified atom stereocenters. The number of rotatable bonds is 1.